The molecule has 24 heavy (non-hydrogen) atoms. The lowest BCUT2D eigenvalue weighted by Crippen LogP contribution is -2.34. The van der Waals surface area contributed by atoms with Crippen LogP contribution in [-0.2, 0) is 0 Å². The van der Waals surface area contributed by atoms with E-state index < -0.39 is 0 Å². The molecule has 1 aliphatic rings. The summed E-state index contributed by atoms with van der Waals surface area (Å²) in [6, 6.07) is 7.38. The van der Waals surface area contributed by atoms with E-state index in [1.54, 1.807) is 30.6 Å². The highest BCUT2D eigenvalue weighted by atomic mass is 35.5. The third-order valence-electron chi connectivity index (χ3n) is 4.10. The van der Waals surface area contributed by atoms with Crippen molar-refractivity contribution in [1.29, 1.82) is 0 Å². The van der Waals surface area contributed by atoms with E-state index in [2.05, 4.69) is 11.4 Å². The number of carbonyl (C=O) groups is 1. The van der Waals surface area contributed by atoms with Crippen LogP contribution in [-0.4, -0.2) is 31.7 Å². The van der Waals surface area contributed by atoms with Crippen LogP contribution in [0.4, 0.5) is 10.5 Å². The molecule has 0 aliphatic carbocycles. The quantitative estimate of drug-likeness (QED) is 0.846. The third-order valence-corrected chi connectivity index (χ3v) is 5.37. The van der Waals surface area contributed by atoms with Crippen LogP contribution in [0.25, 0.3) is 0 Å². The summed E-state index contributed by atoms with van der Waals surface area (Å²) in [5, 5.41) is 5.37. The highest BCUT2D eigenvalue weighted by molar-refractivity contribution is 7.10. The minimum atomic E-state index is -0.148. The average Bonchev–Trinajstić information content (AvgIpc) is 3.26. The molecule has 1 aromatic heterocycles. The number of nitrogens with one attached hydrogen (secondary N) is 1. The van der Waals surface area contributed by atoms with E-state index in [9.17, 15) is 4.79 Å². The molecule has 1 saturated heterocycles. The number of hydrogen-bond donors (Lipinski definition) is 1. The maximum atomic E-state index is 12.7. The molecule has 1 fully saturated rings. The van der Waals surface area contributed by atoms with Gasteiger partial charge >= 0.3 is 6.03 Å². The fourth-order valence-corrected chi connectivity index (χ4v) is 4.05. The highest BCUT2D eigenvalue weighted by Crippen LogP contribution is 2.38. The number of anilines is 1. The first kappa shape index (κ1) is 16.9. The third kappa shape index (κ3) is 3.30. The Bertz CT molecular complexity index is 721. The second-order valence-corrected chi connectivity index (χ2v) is 6.87. The van der Waals surface area contributed by atoms with E-state index in [-0.39, 0.29) is 12.1 Å². The zero-order valence-electron chi connectivity index (χ0n) is 13.5. The summed E-state index contributed by atoms with van der Waals surface area (Å²) >= 11 is 7.85. The molecule has 3 rings (SSSR count). The number of urea groups is 1. The number of nitrogens with zero attached hydrogens (tertiary/aromatic N) is 1. The van der Waals surface area contributed by atoms with E-state index in [1.165, 1.54) is 12.0 Å². The number of methoxy groups -OCH3 is 2. The van der Waals surface area contributed by atoms with Crippen LogP contribution < -0.4 is 14.8 Å². The molecule has 0 bridgehead atoms. The highest BCUT2D eigenvalue weighted by Gasteiger charge is 2.31. The summed E-state index contributed by atoms with van der Waals surface area (Å²) in [5.41, 5.74) is 0.533. The van der Waals surface area contributed by atoms with Crippen molar-refractivity contribution in [2.75, 3.05) is 26.1 Å². The summed E-state index contributed by atoms with van der Waals surface area (Å²) in [4.78, 5) is 15.8. The van der Waals surface area contributed by atoms with Crippen LogP contribution in [0.15, 0.2) is 29.6 Å². The number of thiophene rings is 1. The van der Waals surface area contributed by atoms with Gasteiger partial charge in [-0.1, -0.05) is 17.7 Å². The summed E-state index contributed by atoms with van der Waals surface area (Å²) in [5.74, 6) is 1.01. The summed E-state index contributed by atoms with van der Waals surface area (Å²) in [7, 11) is 3.08. The van der Waals surface area contributed by atoms with Crippen LogP contribution in [0.3, 0.4) is 0 Å². The van der Waals surface area contributed by atoms with Crippen molar-refractivity contribution in [2.45, 2.75) is 18.9 Å². The van der Waals surface area contributed by atoms with Gasteiger partial charge in [0.25, 0.3) is 0 Å². The molecule has 2 amide bonds. The number of hydrogen-bond acceptors (Lipinski definition) is 4. The van der Waals surface area contributed by atoms with Crippen molar-refractivity contribution in [1.82, 2.24) is 4.90 Å². The molecule has 0 spiro atoms. The zero-order valence-corrected chi connectivity index (χ0v) is 15.1. The van der Waals surface area contributed by atoms with Crippen molar-refractivity contribution in [3.8, 4) is 11.5 Å². The summed E-state index contributed by atoms with van der Waals surface area (Å²) in [6.07, 6.45) is 1.98. The molecule has 1 atom stereocenters. The average molecular weight is 367 g/mol. The predicted molar refractivity (Wildman–Crippen MR) is 96.6 cm³/mol. The first-order chi connectivity index (χ1) is 11.6. The SMILES string of the molecule is COc1cc(OC)c(NC(=O)N2CCCC2c2cccs2)cc1Cl. The van der Waals surface area contributed by atoms with E-state index in [1.807, 2.05) is 16.3 Å². The van der Waals surface area contributed by atoms with Gasteiger partial charge in [-0.05, 0) is 30.4 Å². The molecular weight excluding hydrogens is 348 g/mol. The number of carbonyl (C=O) groups excluding carboxylic acids is 1. The number of halogens is 1. The lowest BCUT2D eigenvalue weighted by molar-refractivity contribution is 0.207. The molecule has 0 saturated carbocycles. The molecule has 1 aromatic carbocycles. The Morgan fingerprint density at radius 2 is 2.12 bits per heavy atom. The molecule has 128 valence electrons. The molecule has 1 unspecified atom stereocenters. The van der Waals surface area contributed by atoms with E-state index in [0.29, 0.717) is 22.2 Å². The van der Waals surface area contributed by atoms with Crippen molar-refractivity contribution in [3.05, 3.63) is 39.5 Å². The minimum Gasteiger partial charge on any atom is -0.495 e. The van der Waals surface area contributed by atoms with E-state index in [4.69, 9.17) is 21.1 Å². The van der Waals surface area contributed by atoms with Gasteiger partial charge in [0.2, 0.25) is 0 Å². The largest absolute Gasteiger partial charge is 0.495 e. The van der Waals surface area contributed by atoms with Gasteiger partial charge < -0.3 is 19.7 Å². The summed E-state index contributed by atoms with van der Waals surface area (Å²) in [6.45, 7) is 0.737. The molecule has 2 heterocycles. The van der Waals surface area contributed by atoms with Crippen molar-refractivity contribution >= 4 is 34.7 Å². The first-order valence-electron chi connectivity index (χ1n) is 7.66. The molecule has 0 radical (unpaired) electrons. The fraction of sp³-hybridized carbons (Fsp3) is 0.353. The number of likely N-dealkylation sites (tertiary alicyclic amines) is 1. The van der Waals surface area contributed by atoms with Crippen LogP contribution >= 0.6 is 22.9 Å². The van der Waals surface area contributed by atoms with E-state index >= 15 is 0 Å². The number of rotatable bonds is 4. The maximum Gasteiger partial charge on any atom is 0.322 e. The van der Waals surface area contributed by atoms with Crippen LogP contribution in [0.2, 0.25) is 5.02 Å². The molecule has 2 aromatic rings. The second kappa shape index (κ2) is 7.32. The Hall–Kier alpha value is -1.92. The van der Waals surface area contributed by atoms with Gasteiger partial charge in [-0.15, -0.1) is 11.3 Å². The van der Waals surface area contributed by atoms with Crippen molar-refractivity contribution < 1.29 is 14.3 Å². The predicted octanol–water partition coefficient (Wildman–Crippen LogP) is 4.79. The van der Waals surface area contributed by atoms with Crippen molar-refractivity contribution in [2.24, 2.45) is 0 Å². The minimum absolute atomic E-state index is 0.129. The Labute approximate surface area is 150 Å². The van der Waals surface area contributed by atoms with Gasteiger partial charge in [-0.3, -0.25) is 0 Å². The first-order valence-corrected chi connectivity index (χ1v) is 8.92. The molecule has 7 heteroatoms. The number of benzene rings is 1. The monoisotopic (exact) mass is 366 g/mol. The Morgan fingerprint density at radius 3 is 2.79 bits per heavy atom. The second-order valence-electron chi connectivity index (χ2n) is 5.48. The normalized spacial score (nSPS) is 17.0. The van der Waals surface area contributed by atoms with Crippen LogP contribution in [0.5, 0.6) is 11.5 Å². The van der Waals surface area contributed by atoms with Crippen molar-refractivity contribution in [3.63, 3.8) is 0 Å². The summed E-state index contributed by atoms with van der Waals surface area (Å²) < 4.78 is 10.5. The van der Waals surface area contributed by atoms with Crippen LogP contribution in [0, 0.1) is 0 Å². The number of ether oxygens (including phenoxy) is 2. The van der Waals surface area contributed by atoms with Gasteiger partial charge in [0.05, 0.1) is 31.0 Å². The van der Waals surface area contributed by atoms with Gasteiger partial charge in [0.15, 0.2) is 0 Å². The van der Waals surface area contributed by atoms with E-state index in [0.717, 1.165) is 19.4 Å². The zero-order chi connectivity index (χ0) is 17.1. The lowest BCUT2D eigenvalue weighted by atomic mass is 10.2. The standard InChI is InChI=1S/C17H19ClN2O3S/c1-22-14-10-15(23-2)12(9-11(14)18)19-17(21)20-7-3-5-13(20)16-6-4-8-24-16/h4,6,8-10,13H,3,5,7H2,1-2H3,(H,19,21). The van der Waals surface area contributed by atoms with Gasteiger partial charge in [-0.2, -0.15) is 0 Å². The Balaban J connectivity index is 1.80. The van der Waals surface area contributed by atoms with Gasteiger partial charge in [0.1, 0.15) is 11.5 Å². The maximum absolute atomic E-state index is 12.7. The molecule has 5 nitrogen and oxygen atoms in total. The Kier molecular flexibility index (Phi) is 5.16. The molecule has 1 N–H and O–H groups in total. The topological polar surface area (TPSA) is 50.8 Å². The Morgan fingerprint density at radius 1 is 1.33 bits per heavy atom. The number of amides is 2. The van der Waals surface area contributed by atoms with Gasteiger partial charge in [-0.25, -0.2) is 4.79 Å². The molecule has 1 aliphatic heterocycles. The smallest absolute Gasteiger partial charge is 0.322 e. The lowest BCUT2D eigenvalue weighted by Gasteiger charge is -2.25. The van der Waals surface area contributed by atoms with Crippen LogP contribution in [0.1, 0.15) is 23.8 Å². The molecular formula is C17H19ClN2O3S. The van der Waals surface area contributed by atoms with Gasteiger partial charge in [0, 0.05) is 17.5 Å². The fourth-order valence-electron chi connectivity index (χ4n) is 2.93.